The highest BCUT2D eigenvalue weighted by atomic mass is 79.9. The molecule has 0 aromatic heterocycles. The Morgan fingerprint density at radius 1 is 1.38 bits per heavy atom. The first-order valence-electron chi connectivity index (χ1n) is 5.09. The van der Waals surface area contributed by atoms with Crippen LogP contribution in [0.15, 0.2) is 22.7 Å². The molecule has 3 nitrogen and oxygen atoms in total. The Hall–Kier alpha value is -1.03. The van der Waals surface area contributed by atoms with Crippen LogP contribution in [-0.2, 0) is 0 Å². The molecule has 0 saturated carbocycles. The quantitative estimate of drug-likeness (QED) is 0.855. The second kappa shape index (κ2) is 5.34. The number of carbonyl (C=O) groups excluding carboxylic acids is 1. The van der Waals surface area contributed by atoms with Crippen molar-refractivity contribution in [1.29, 1.82) is 0 Å². The number of nitrogens with zero attached hydrogens (tertiary/aromatic N) is 1. The lowest BCUT2D eigenvalue weighted by Crippen LogP contribution is -2.21. The summed E-state index contributed by atoms with van der Waals surface area (Å²) in [6.07, 6.45) is 0.0843. The van der Waals surface area contributed by atoms with Gasteiger partial charge in [-0.05, 0) is 48.0 Å². The van der Waals surface area contributed by atoms with Gasteiger partial charge in [0, 0.05) is 19.7 Å². The van der Waals surface area contributed by atoms with E-state index in [-0.39, 0.29) is 12.0 Å². The third kappa shape index (κ3) is 3.23. The van der Waals surface area contributed by atoms with Gasteiger partial charge in [-0.3, -0.25) is 4.79 Å². The number of halogens is 1. The van der Waals surface area contributed by atoms with Gasteiger partial charge in [-0.25, -0.2) is 0 Å². The van der Waals surface area contributed by atoms with E-state index in [1.807, 2.05) is 19.9 Å². The number of rotatable bonds is 3. The maximum atomic E-state index is 11.7. The van der Waals surface area contributed by atoms with Gasteiger partial charge in [-0.2, -0.15) is 0 Å². The van der Waals surface area contributed by atoms with E-state index in [4.69, 9.17) is 4.74 Å². The molecule has 0 spiro atoms. The zero-order chi connectivity index (χ0) is 12.3. The highest BCUT2D eigenvalue weighted by Crippen LogP contribution is 2.27. The molecule has 0 saturated heterocycles. The largest absolute Gasteiger partial charge is 0.490 e. The van der Waals surface area contributed by atoms with Gasteiger partial charge >= 0.3 is 0 Å². The van der Waals surface area contributed by atoms with Crippen molar-refractivity contribution in [2.24, 2.45) is 0 Å². The lowest BCUT2D eigenvalue weighted by atomic mass is 10.2. The van der Waals surface area contributed by atoms with Crippen LogP contribution in [0.3, 0.4) is 0 Å². The minimum Gasteiger partial charge on any atom is -0.490 e. The molecule has 1 aromatic rings. The highest BCUT2D eigenvalue weighted by Gasteiger charge is 2.11. The van der Waals surface area contributed by atoms with Crippen LogP contribution in [0.2, 0.25) is 0 Å². The zero-order valence-electron chi connectivity index (χ0n) is 9.95. The molecule has 0 aliphatic rings. The molecule has 0 heterocycles. The van der Waals surface area contributed by atoms with E-state index < -0.39 is 0 Å². The molecule has 0 atom stereocenters. The second-order valence-corrected chi connectivity index (χ2v) is 4.87. The molecular weight excluding hydrogens is 270 g/mol. The van der Waals surface area contributed by atoms with Crippen LogP contribution >= 0.6 is 15.9 Å². The molecule has 0 bridgehead atoms. The molecule has 0 radical (unpaired) electrons. The third-order valence-corrected chi connectivity index (χ3v) is 2.60. The second-order valence-electron chi connectivity index (χ2n) is 4.01. The molecule has 1 aromatic carbocycles. The predicted molar refractivity (Wildman–Crippen MR) is 67.9 cm³/mol. The van der Waals surface area contributed by atoms with Crippen molar-refractivity contribution in [3.8, 4) is 5.75 Å². The Kier molecular flexibility index (Phi) is 4.35. The summed E-state index contributed by atoms with van der Waals surface area (Å²) in [7, 11) is 3.46. The van der Waals surface area contributed by atoms with E-state index in [1.165, 1.54) is 0 Å². The van der Waals surface area contributed by atoms with Crippen molar-refractivity contribution < 1.29 is 9.53 Å². The highest BCUT2D eigenvalue weighted by molar-refractivity contribution is 9.10. The normalized spacial score (nSPS) is 10.4. The predicted octanol–water partition coefficient (Wildman–Crippen LogP) is 2.94. The molecule has 1 rings (SSSR count). The average Bonchev–Trinajstić information content (AvgIpc) is 2.19. The summed E-state index contributed by atoms with van der Waals surface area (Å²) in [6, 6.07) is 5.36. The number of hydrogen-bond donors (Lipinski definition) is 0. The number of amides is 1. The Labute approximate surface area is 105 Å². The first-order chi connectivity index (χ1) is 7.41. The topological polar surface area (TPSA) is 29.5 Å². The van der Waals surface area contributed by atoms with Crippen LogP contribution < -0.4 is 4.74 Å². The lowest BCUT2D eigenvalue weighted by molar-refractivity contribution is 0.0827. The third-order valence-electron chi connectivity index (χ3n) is 1.95. The van der Waals surface area contributed by atoms with Crippen LogP contribution in [0.5, 0.6) is 5.75 Å². The molecule has 0 fully saturated rings. The van der Waals surface area contributed by atoms with Gasteiger partial charge < -0.3 is 9.64 Å². The van der Waals surface area contributed by atoms with Gasteiger partial charge in [0.05, 0.1) is 10.6 Å². The van der Waals surface area contributed by atoms with Crippen molar-refractivity contribution in [1.82, 2.24) is 4.90 Å². The summed E-state index contributed by atoms with van der Waals surface area (Å²) in [4.78, 5) is 13.3. The SMILES string of the molecule is CC(C)Oc1cc(C(=O)N(C)C)ccc1Br. The summed E-state index contributed by atoms with van der Waals surface area (Å²) in [5, 5.41) is 0. The molecule has 4 heteroatoms. The van der Waals surface area contributed by atoms with Crippen LogP contribution in [-0.4, -0.2) is 31.0 Å². The standard InChI is InChI=1S/C12H16BrNO2/c1-8(2)16-11-7-9(5-6-10(11)13)12(15)14(3)4/h5-8H,1-4H3. The fourth-order valence-corrected chi connectivity index (χ4v) is 1.58. The van der Waals surface area contributed by atoms with Crippen molar-refractivity contribution in [2.75, 3.05) is 14.1 Å². The molecule has 0 unspecified atom stereocenters. The van der Waals surface area contributed by atoms with E-state index in [0.29, 0.717) is 11.3 Å². The summed E-state index contributed by atoms with van der Waals surface area (Å²) >= 11 is 3.40. The molecule has 0 aliphatic heterocycles. The van der Waals surface area contributed by atoms with Crippen LogP contribution in [0.1, 0.15) is 24.2 Å². The number of ether oxygens (including phenoxy) is 1. The van der Waals surface area contributed by atoms with Crippen molar-refractivity contribution in [3.63, 3.8) is 0 Å². The molecule has 88 valence electrons. The van der Waals surface area contributed by atoms with E-state index in [2.05, 4.69) is 15.9 Å². The molecule has 0 N–H and O–H groups in total. The van der Waals surface area contributed by atoms with Gasteiger partial charge in [-0.1, -0.05) is 0 Å². The van der Waals surface area contributed by atoms with E-state index >= 15 is 0 Å². The lowest BCUT2D eigenvalue weighted by Gasteiger charge is -2.14. The molecule has 1 amide bonds. The maximum Gasteiger partial charge on any atom is 0.253 e. The number of benzene rings is 1. The van der Waals surface area contributed by atoms with E-state index in [1.54, 1.807) is 31.1 Å². The minimum atomic E-state index is -0.0268. The first-order valence-corrected chi connectivity index (χ1v) is 5.89. The summed E-state index contributed by atoms with van der Waals surface area (Å²) in [5.74, 6) is 0.670. The maximum absolute atomic E-state index is 11.7. The van der Waals surface area contributed by atoms with Crippen molar-refractivity contribution in [3.05, 3.63) is 28.2 Å². The summed E-state index contributed by atoms with van der Waals surface area (Å²) in [6.45, 7) is 3.90. The molecule has 16 heavy (non-hydrogen) atoms. The number of hydrogen-bond acceptors (Lipinski definition) is 2. The Balaban J connectivity index is 3.02. The average molecular weight is 286 g/mol. The van der Waals surface area contributed by atoms with Gasteiger partial charge in [0.1, 0.15) is 5.75 Å². The Morgan fingerprint density at radius 2 is 2.00 bits per heavy atom. The Morgan fingerprint density at radius 3 is 2.50 bits per heavy atom. The van der Waals surface area contributed by atoms with Gasteiger partial charge in [0.25, 0.3) is 5.91 Å². The van der Waals surface area contributed by atoms with Crippen molar-refractivity contribution in [2.45, 2.75) is 20.0 Å². The Bertz CT molecular complexity index is 389. The molecule has 0 aliphatic carbocycles. The minimum absolute atomic E-state index is 0.0268. The first kappa shape index (κ1) is 13.0. The zero-order valence-corrected chi connectivity index (χ0v) is 11.5. The van der Waals surface area contributed by atoms with Crippen molar-refractivity contribution >= 4 is 21.8 Å². The van der Waals surface area contributed by atoms with Gasteiger partial charge in [-0.15, -0.1) is 0 Å². The smallest absolute Gasteiger partial charge is 0.253 e. The van der Waals surface area contributed by atoms with Crippen LogP contribution in [0, 0.1) is 0 Å². The summed E-state index contributed by atoms with van der Waals surface area (Å²) < 4.78 is 6.46. The van der Waals surface area contributed by atoms with E-state index in [9.17, 15) is 4.79 Å². The fourth-order valence-electron chi connectivity index (χ4n) is 1.24. The summed E-state index contributed by atoms with van der Waals surface area (Å²) in [5.41, 5.74) is 0.629. The molecular formula is C12H16BrNO2. The fraction of sp³-hybridized carbons (Fsp3) is 0.417. The van der Waals surface area contributed by atoms with Gasteiger partial charge in [0.2, 0.25) is 0 Å². The van der Waals surface area contributed by atoms with E-state index in [0.717, 1.165) is 4.47 Å². The van der Waals surface area contributed by atoms with Crippen LogP contribution in [0.25, 0.3) is 0 Å². The van der Waals surface area contributed by atoms with Gasteiger partial charge in [0.15, 0.2) is 0 Å². The van der Waals surface area contributed by atoms with Crippen LogP contribution in [0.4, 0.5) is 0 Å². The monoisotopic (exact) mass is 285 g/mol. The number of carbonyl (C=O) groups is 1.